The van der Waals surface area contributed by atoms with Gasteiger partial charge in [-0.1, -0.05) is 6.07 Å². The third-order valence-corrected chi connectivity index (χ3v) is 5.27. The van der Waals surface area contributed by atoms with E-state index in [-0.39, 0.29) is 11.9 Å². The van der Waals surface area contributed by atoms with E-state index in [0.29, 0.717) is 19.1 Å². The van der Waals surface area contributed by atoms with Crippen molar-refractivity contribution >= 4 is 0 Å². The van der Waals surface area contributed by atoms with Gasteiger partial charge in [0.15, 0.2) is 11.5 Å². The zero-order valence-corrected chi connectivity index (χ0v) is 15.5. The summed E-state index contributed by atoms with van der Waals surface area (Å²) in [5.41, 5.74) is 3.17. The van der Waals surface area contributed by atoms with Crippen LogP contribution >= 0.6 is 0 Å². The molecular weight excluding hydrogens is 357 g/mol. The van der Waals surface area contributed by atoms with Crippen molar-refractivity contribution < 1.29 is 13.9 Å². The molecule has 2 heterocycles. The third kappa shape index (κ3) is 3.60. The molecule has 6 heteroatoms. The number of halogens is 1. The first-order valence-electron chi connectivity index (χ1n) is 9.69. The van der Waals surface area contributed by atoms with Crippen molar-refractivity contribution in [1.29, 1.82) is 0 Å². The first kappa shape index (κ1) is 17.3. The summed E-state index contributed by atoms with van der Waals surface area (Å²) in [5, 5.41) is 8.09. The predicted octanol–water partition coefficient (Wildman–Crippen LogP) is 4.02. The Morgan fingerprint density at radius 1 is 1.07 bits per heavy atom. The van der Waals surface area contributed by atoms with Gasteiger partial charge >= 0.3 is 0 Å². The molecular formula is C22H22FN3O2. The molecule has 0 saturated heterocycles. The Balaban J connectivity index is 1.30. The lowest BCUT2D eigenvalue weighted by molar-refractivity contribution is 0.171. The van der Waals surface area contributed by atoms with Gasteiger partial charge in [0, 0.05) is 24.3 Å². The van der Waals surface area contributed by atoms with Gasteiger partial charge in [-0.3, -0.25) is 0 Å². The Kier molecular flexibility index (Phi) is 4.49. The number of rotatable bonds is 6. The first-order chi connectivity index (χ1) is 13.8. The monoisotopic (exact) mass is 379 g/mol. The highest BCUT2D eigenvalue weighted by Crippen LogP contribution is 2.43. The molecule has 0 bridgehead atoms. The van der Waals surface area contributed by atoms with Crippen LogP contribution < -0.4 is 14.8 Å². The zero-order valence-electron chi connectivity index (χ0n) is 15.5. The van der Waals surface area contributed by atoms with Gasteiger partial charge in [0.1, 0.15) is 19.0 Å². The summed E-state index contributed by atoms with van der Waals surface area (Å²) in [6.07, 6.45) is 6.31. The topological polar surface area (TPSA) is 48.3 Å². The van der Waals surface area contributed by atoms with Gasteiger partial charge in [-0.2, -0.15) is 5.10 Å². The quantitative estimate of drug-likeness (QED) is 0.703. The Hall–Kier alpha value is -2.86. The maximum Gasteiger partial charge on any atom is 0.161 e. The Bertz CT molecular complexity index is 966. The van der Waals surface area contributed by atoms with Crippen LogP contribution in [0.1, 0.15) is 30.0 Å². The van der Waals surface area contributed by atoms with Crippen molar-refractivity contribution in [2.45, 2.75) is 25.4 Å². The summed E-state index contributed by atoms with van der Waals surface area (Å²) < 4.78 is 26.3. The van der Waals surface area contributed by atoms with E-state index in [9.17, 15) is 4.39 Å². The third-order valence-electron chi connectivity index (χ3n) is 5.27. The highest BCUT2D eigenvalue weighted by molar-refractivity contribution is 5.45. The molecule has 5 nitrogen and oxygen atoms in total. The molecule has 1 fully saturated rings. The molecule has 3 aromatic rings. The van der Waals surface area contributed by atoms with E-state index in [2.05, 4.69) is 22.5 Å². The van der Waals surface area contributed by atoms with E-state index in [1.165, 1.54) is 30.5 Å². The summed E-state index contributed by atoms with van der Waals surface area (Å²) in [4.78, 5) is 0. The molecule has 2 aliphatic rings. The SMILES string of the molecule is Fc1ccc(-n2cc(CNC(c3ccc4c(c3)OCCO4)C3CC3)cn2)cc1. The second kappa shape index (κ2) is 7.28. The van der Waals surface area contributed by atoms with E-state index in [0.717, 1.165) is 29.3 Å². The van der Waals surface area contributed by atoms with Crippen LogP contribution in [0.2, 0.25) is 0 Å². The number of fused-ring (bicyclic) bond motifs is 1. The molecule has 1 unspecified atom stereocenters. The van der Waals surface area contributed by atoms with E-state index < -0.39 is 0 Å². The van der Waals surface area contributed by atoms with Gasteiger partial charge in [0.2, 0.25) is 0 Å². The molecule has 0 spiro atoms. The minimum absolute atomic E-state index is 0.246. The van der Waals surface area contributed by atoms with E-state index in [1.807, 2.05) is 18.5 Å². The number of hydrogen-bond acceptors (Lipinski definition) is 4. The smallest absolute Gasteiger partial charge is 0.161 e. The molecule has 1 aromatic heterocycles. The van der Waals surface area contributed by atoms with Crippen LogP contribution in [0.15, 0.2) is 54.9 Å². The Morgan fingerprint density at radius 2 is 1.86 bits per heavy atom. The summed E-state index contributed by atoms with van der Waals surface area (Å²) >= 11 is 0. The fourth-order valence-corrected chi connectivity index (χ4v) is 3.65. The number of hydrogen-bond donors (Lipinski definition) is 1. The molecule has 2 aromatic carbocycles. The van der Waals surface area contributed by atoms with Gasteiger partial charge in [0.05, 0.1) is 11.9 Å². The highest BCUT2D eigenvalue weighted by Gasteiger charge is 2.32. The van der Waals surface area contributed by atoms with Crippen LogP contribution in [-0.4, -0.2) is 23.0 Å². The van der Waals surface area contributed by atoms with Crippen molar-refractivity contribution in [3.8, 4) is 17.2 Å². The molecule has 1 aliphatic heterocycles. The highest BCUT2D eigenvalue weighted by atomic mass is 19.1. The van der Waals surface area contributed by atoms with Gasteiger partial charge < -0.3 is 14.8 Å². The first-order valence-corrected chi connectivity index (χ1v) is 9.69. The predicted molar refractivity (Wildman–Crippen MR) is 103 cm³/mol. The van der Waals surface area contributed by atoms with Gasteiger partial charge in [-0.05, 0) is 60.7 Å². The van der Waals surface area contributed by atoms with E-state index in [4.69, 9.17) is 9.47 Å². The molecule has 144 valence electrons. The number of benzene rings is 2. The molecule has 0 amide bonds. The Morgan fingerprint density at radius 3 is 2.64 bits per heavy atom. The van der Waals surface area contributed by atoms with Gasteiger partial charge in [-0.25, -0.2) is 9.07 Å². The van der Waals surface area contributed by atoms with E-state index >= 15 is 0 Å². The van der Waals surface area contributed by atoms with Gasteiger partial charge in [-0.15, -0.1) is 0 Å². The fourth-order valence-electron chi connectivity index (χ4n) is 3.65. The minimum atomic E-state index is -0.246. The normalized spacial score (nSPS) is 16.8. The van der Waals surface area contributed by atoms with Crippen molar-refractivity contribution in [2.24, 2.45) is 5.92 Å². The van der Waals surface area contributed by atoms with Crippen molar-refractivity contribution in [3.63, 3.8) is 0 Å². The standard InChI is InChI=1S/C22H22FN3O2/c23-18-4-6-19(7-5-18)26-14-15(13-25-26)12-24-22(16-1-2-16)17-3-8-20-21(11-17)28-10-9-27-20/h3-8,11,13-14,16,22,24H,1-2,9-10,12H2. The average Bonchev–Trinajstić information content (AvgIpc) is 3.46. The lowest BCUT2D eigenvalue weighted by Gasteiger charge is -2.23. The average molecular weight is 379 g/mol. The maximum atomic E-state index is 13.1. The fraction of sp³-hybridized carbons (Fsp3) is 0.318. The lowest BCUT2D eigenvalue weighted by Crippen LogP contribution is -2.23. The van der Waals surface area contributed by atoms with Crippen molar-refractivity contribution in [2.75, 3.05) is 13.2 Å². The summed E-state index contributed by atoms with van der Waals surface area (Å²) in [5.74, 6) is 2.06. The number of nitrogens with zero attached hydrogens (tertiary/aromatic N) is 2. The zero-order chi connectivity index (χ0) is 18.9. The van der Waals surface area contributed by atoms with E-state index in [1.54, 1.807) is 16.8 Å². The molecule has 28 heavy (non-hydrogen) atoms. The van der Waals surface area contributed by atoms with Crippen molar-refractivity contribution in [1.82, 2.24) is 15.1 Å². The largest absolute Gasteiger partial charge is 0.486 e. The second-order valence-corrected chi connectivity index (χ2v) is 7.37. The molecule has 1 saturated carbocycles. The number of ether oxygens (including phenoxy) is 2. The number of aromatic nitrogens is 2. The summed E-state index contributed by atoms with van der Waals surface area (Å²) in [7, 11) is 0. The molecule has 1 aliphatic carbocycles. The molecule has 1 atom stereocenters. The second-order valence-electron chi connectivity index (χ2n) is 7.37. The van der Waals surface area contributed by atoms with Crippen LogP contribution in [-0.2, 0) is 6.54 Å². The number of nitrogens with one attached hydrogen (secondary N) is 1. The van der Waals surface area contributed by atoms with Crippen molar-refractivity contribution in [3.05, 3.63) is 71.8 Å². The molecule has 0 radical (unpaired) electrons. The van der Waals surface area contributed by atoms with Gasteiger partial charge in [0.25, 0.3) is 0 Å². The summed E-state index contributed by atoms with van der Waals surface area (Å²) in [6.45, 7) is 1.92. The molecule has 5 rings (SSSR count). The minimum Gasteiger partial charge on any atom is -0.486 e. The van der Waals surface area contributed by atoms with Crippen LogP contribution in [0, 0.1) is 11.7 Å². The maximum absolute atomic E-state index is 13.1. The molecule has 1 N–H and O–H groups in total. The van der Waals surface area contributed by atoms with Crippen LogP contribution in [0.5, 0.6) is 11.5 Å². The van der Waals surface area contributed by atoms with Crippen LogP contribution in [0.4, 0.5) is 4.39 Å². The van der Waals surface area contributed by atoms with Crippen LogP contribution in [0.25, 0.3) is 5.69 Å². The summed E-state index contributed by atoms with van der Waals surface area (Å²) in [6, 6.07) is 12.9. The lowest BCUT2D eigenvalue weighted by atomic mass is 10.0. The Labute approximate surface area is 163 Å². The van der Waals surface area contributed by atoms with Crippen LogP contribution in [0.3, 0.4) is 0 Å².